The van der Waals surface area contributed by atoms with Gasteiger partial charge in [0.15, 0.2) is 0 Å². The maximum Gasteiger partial charge on any atom is 0.275 e. The second-order valence-electron chi connectivity index (χ2n) is 3.55. The second-order valence-corrected chi connectivity index (χ2v) is 4.40. The summed E-state index contributed by atoms with van der Waals surface area (Å²) in [6, 6.07) is 4.93. The maximum absolute atomic E-state index is 10.8. The lowest BCUT2D eigenvalue weighted by Crippen LogP contribution is -2.20. The Morgan fingerprint density at radius 1 is 1.50 bits per heavy atom. The first-order valence-corrected chi connectivity index (χ1v) is 5.06. The van der Waals surface area contributed by atoms with Gasteiger partial charge < -0.3 is 5.73 Å². The molecule has 0 bridgehead atoms. The van der Waals surface area contributed by atoms with Crippen LogP contribution in [0.4, 0.5) is 5.69 Å². The predicted molar refractivity (Wildman–Crippen MR) is 55.9 cm³/mol. The van der Waals surface area contributed by atoms with Gasteiger partial charge >= 0.3 is 0 Å². The first-order chi connectivity index (χ1) is 6.54. The van der Waals surface area contributed by atoms with Crippen molar-refractivity contribution in [3.63, 3.8) is 0 Å². The molecule has 1 aromatic rings. The number of halogens is 1. The quantitative estimate of drug-likeness (QED) is 0.652. The zero-order valence-electron chi connectivity index (χ0n) is 7.37. The summed E-state index contributed by atoms with van der Waals surface area (Å²) in [6.07, 6.45) is 1.63. The summed E-state index contributed by atoms with van der Waals surface area (Å²) in [6.45, 7) is 0. The normalized spacial score (nSPS) is 17.9. The Morgan fingerprint density at radius 2 is 2.14 bits per heavy atom. The molecule has 4 nitrogen and oxygen atoms in total. The van der Waals surface area contributed by atoms with Gasteiger partial charge in [-0.15, -0.1) is 0 Å². The van der Waals surface area contributed by atoms with E-state index in [2.05, 4.69) is 15.9 Å². The summed E-state index contributed by atoms with van der Waals surface area (Å²) in [4.78, 5) is 10.4. The van der Waals surface area contributed by atoms with E-state index in [9.17, 15) is 10.1 Å². The van der Waals surface area contributed by atoms with Gasteiger partial charge in [-0.2, -0.15) is 0 Å². The van der Waals surface area contributed by atoms with Crippen LogP contribution in [0.15, 0.2) is 22.7 Å². The fourth-order valence-corrected chi connectivity index (χ4v) is 2.29. The van der Waals surface area contributed by atoms with Crippen molar-refractivity contribution in [3.8, 4) is 0 Å². The molecule has 0 spiro atoms. The third-order valence-corrected chi connectivity index (χ3v) is 3.14. The maximum atomic E-state index is 10.8. The van der Waals surface area contributed by atoms with E-state index in [1.54, 1.807) is 12.1 Å². The molecule has 14 heavy (non-hydrogen) atoms. The van der Waals surface area contributed by atoms with Gasteiger partial charge in [0.25, 0.3) is 5.69 Å². The van der Waals surface area contributed by atoms with Gasteiger partial charge in [0, 0.05) is 16.1 Å². The molecule has 74 valence electrons. The highest BCUT2D eigenvalue weighted by Crippen LogP contribution is 2.49. The average molecular weight is 257 g/mol. The van der Waals surface area contributed by atoms with Crippen molar-refractivity contribution >= 4 is 21.6 Å². The SMILES string of the molecule is NC1(c2c(Br)cccc2[N+](=O)[O-])CC1. The number of nitro groups is 1. The van der Waals surface area contributed by atoms with Crippen LogP contribution in [-0.2, 0) is 5.54 Å². The lowest BCUT2D eigenvalue weighted by Gasteiger charge is -2.11. The smallest absolute Gasteiger partial charge is 0.275 e. The van der Waals surface area contributed by atoms with Crippen molar-refractivity contribution in [2.24, 2.45) is 5.73 Å². The van der Waals surface area contributed by atoms with E-state index < -0.39 is 5.54 Å². The first-order valence-electron chi connectivity index (χ1n) is 4.27. The molecule has 0 saturated heterocycles. The second kappa shape index (κ2) is 3.03. The zero-order valence-corrected chi connectivity index (χ0v) is 8.95. The summed E-state index contributed by atoms with van der Waals surface area (Å²) in [5, 5.41) is 10.8. The van der Waals surface area contributed by atoms with E-state index in [4.69, 9.17) is 5.73 Å². The number of hydrogen-bond donors (Lipinski definition) is 1. The molecular formula is C9H9BrN2O2. The molecule has 5 heteroatoms. The molecule has 0 radical (unpaired) electrons. The Bertz CT molecular complexity index is 402. The van der Waals surface area contributed by atoms with Crippen LogP contribution >= 0.6 is 15.9 Å². The first kappa shape index (κ1) is 9.61. The highest BCUT2D eigenvalue weighted by atomic mass is 79.9. The zero-order chi connectivity index (χ0) is 10.3. The number of hydrogen-bond acceptors (Lipinski definition) is 3. The number of nitrogens with zero attached hydrogens (tertiary/aromatic N) is 1. The van der Waals surface area contributed by atoms with Crippen molar-refractivity contribution in [2.45, 2.75) is 18.4 Å². The number of nitro benzene ring substituents is 1. The molecule has 0 heterocycles. The predicted octanol–water partition coefficient (Wildman–Crippen LogP) is 2.31. The molecule has 1 fully saturated rings. The van der Waals surface area contributed by atoms with E-state index in [-0.39, 0.29) is 10.6 Å². The van der Waals surface area contributed by atoms with E-state index in [0.29, 0.717) is 5.56 Å². The minimum Gasteiger partial charge on any atom is -0.321 e. The van der Waals surface area contributed by atoms with Crippen LogP contribution in [0.2, 0.25) is 0 Å². The monoisotopic (exact) mass is 256 g/mol. The van der Waals surface area contributed by atoms with Gasteiger partial charge in [0.2, 0.25) is 0 Å². The van der Waals surface area contributed by atoms with E-state index in [0.717, 1.165) is 17.3 Å². The Hall–Kier alpha value is -0.940. The van der Waals surface area contributed by atoms with Crippen LogP contribution in [0.3, 0.4) is 0 Å². The van der Waals surface area contributed by atoms with Crippen molar-refractivity contribution in [1.29, 1.82) is 0 Å². The summed E-state index contributed by atoms with van der Waals surface area (Å²) < 4.78 is 0.728. The van der Waals surface area contributed by atoms with Crippen LogP contribution in [0, 0.1) is 10.1 Å². The van der Waals surface area contributed by atoms with Crippen molar-refractivity contribution in [2.75, 3.05) is 0 Å². The minimum absolute atomic E-state index is 0.111. The van der Waals surface area contributed by atoms with Crippen molar-refractivity contribution in [3.05, 3.63) is 38.3 Å². The fraction of sp³-hybridized carbons (Fsp3) is 0.333. The summed E-state index contributed by atoms with van der Waals surface area (Å²) in [5.41, 5.74) is 6.23. The third-order valence-electron chi connectivity index (χ3n) is 2.47. The lowest BCUT2D eigenvalue weighted by atomic mass is 10.0. The Morgan fingerprint density at radius 3 is 2.64 bits per heavy atom. The van der Waals surface area contributed by atoms with Gasteiger partial charge in [-0.1, -0.05) is 22.0 Å². The van der Waals surface area contributed by atoms with Gasteiger partial charge in [0.1, 0.15) is 0 Å². The number of benzene rings is 1. The Balaban J connectivity index is 2.60. The molecule has 0 amide bonds. The lowest BCUT2D eigenvalue weighted by molar-refractivity contribution is -0.385. The largest absolute Gasteiger partial charge is 0.321 e. The number of rotatable bonds is 2. The summed E-state index contributed by atoms with van der Waals surface area (Å²) in [7, 11) is 0. The topological polar surface area (TPSA) is 69.2 Å². The molecule has 0 unspecified atom stereocenters. The van der Waals surface area contributed by atoms with Crippen molar-refractivity contribution < 1.29 is 4.92 Å². The van der Waals surface area contributed by atoms with Gasteiger partial charge in [0.05, 0.1) is 10.5 Å². The van der Waals surface area contributed by atoms with Crippen molar-refractivity contribution in [1.82, 2.24) is 0 Å². The molecule has 0 aliphatic heterocycles. The molecular weight excluding hydrogens is 248 g/mol. The van der Waals surface area contributed by atoms with Crippen LogP contribution in [0.5, 0.6) is 0 Å². The molecule has 2 rings (SSSR count). The molecule has 1 aromatic carbocycles. The molecule has 0 aromatic heterocycles. The van der Waals surface area contributed by atoms with Crippen LogP contribution < -0.4 is 5.73 Å². The average Bonchev–Trinajstić information content (AvgIpc) is 2.84. The Labute approximate surface area is 89.4 Å². The highest BCUT2D eigenvalue weighted by molar-refractivity contribution is 9.10. The van der Waals surface area contributed by atoms with E-state index >= 15 is 0 Å². The summed E-state index contributed by atoms with van der Waals surface area (Å²) >= 11 is 3.31. The minimum atomic E-state index is -0.484. The molecule has 1 saturated carbocycles. The number of nitrogens with two attached hydrogens (primary N) is 1. The van der Waals surface area contributed by atoms with Gasteiger partial charge in [-0.25, -0.2) is 0 Å². The van der Waals surface area contributed by atoms with Gasteiger partial charge in [-0.3, -0.25) is 10.1 Å². The Kier molecular flexibility index (Phi) is 2.08. The third kappa shape index (κ3) is 1.42. The summed E-state index contributed by atoms with van der Waals surface area (Å²) in [5.74, 6) is 0. The van der Waals surface area contributed by atoms with E-state index in [1.165, 1.54) is 6.07 Å². The molecule has 1 aliphatic carbocycles. The molecule has 0 atom stereocenters. The van der Waals surface area contributed by atoms with Crippen LogP contribution in [0.1, 0.15) is 18.4 Å². The van der Waals surface area contributed by atoms with Crippen LogP contribution in [0.25, 0.3) is 0 Å². The van der Waals surface area contributed by atoms with E-state index in [1.807, 2.05) is 0 Å². The molecule has 2 N–H and O–H groups in total. The molecule has 1 aliphatic rings. The van der Waals surface area contributed by atoms with Gasteiger partial charge in [-0.05, 0) is 18.9 Å². The highest BCUT2D eigenvalue weighted by Gasteiger charge is 2.45. The fourth-order valence-electron chi connectivity index (χ4n) is 1.54. The standard InChI is InChI=1S/C9H9BrN2O2/c10-6-2-1-3-7(12(13)14)8(6)9(11)4-5-9/h1-3H,4-5,11H2. The van der Waals surface area contributed by atoms with Crippen LogP contribution in [-0.4, -0.2) is 4.92 Å².